The molecule has 23 heavy (non-hydrogen) atoms. The molecule has 1 aromatic carbocycles. The van der Waals surface area contributed by atoms with Crippen LogP contribution in [-0.2, 0) is 22.4 Å². The number of azide groups is 1. The number of hydrogen-bond donors (Lipinski definition) is 0. The number of esters is 1. The third-order valence-corrected chi connectivity index (χ3v) is 4.13. The molecule has 5 nitrogen and oxygen atoms in total. The summed E-state index contributed by atoms with van der Waals surface area (Å²) in [6.45, 7) is 1.95. The monoisotopic (exact) mass is 327 g/mol. The summed E-state index contributed by atoms with van der Waals surface area (Å²) < 4.78 is 4.87. The van der Waals surface area contributed by atoms with E-state index in [4.69, 9.17) is 10.3 Å². The summed E-state index contributed by atoms with van der Waals surface area (Å²) in [6, 6.07) is 12.3. The Balaban J connectivity index is 2.06. The lowest BCUT2D eigenvalue weighted by Crippen LogP contribution is -2.05. The Morgan fingerprint density at radius 3 is 2.83 bits per heavy atom. The van der Waals surface area contributed by atoms with Crippen LogP contribution in [0.2, 0.25) is 0 Å². The van der Waals surface area contributed by atoms with Crippen LogP contribution >= 0.6 is 11.3 Å². The van der Waals surface area contributed by atoms with Crippen molar-refractivity contribution < 1.29 is 9.53 Å². The largest absolute Gasteiger partial charge is 0.462 e. The summed E-state index contributed by atoms with van der Waals surface area (Å²) in [4.78, 5) is 15.6. The number of nitrogens with zero attached hydrogens (tertiary/aromatic N) is 3. The SMILES string of the molecule is CCOC(=O)C(=Cc1csc(CCc2ccccc2)c1)N=[N+]=[N-]. The molecule has 0 aliphatic heterocycles. The van der Waals surface area contributed by atoms with Gasteiger partial charge in [-0.15, -0.1) is 11.3 Å². The zero-order valence-corrected chi connectivity index (χ0v) is 13.6. The zero-order valence-electron chi connectivity index (χ0n) is 12.8. The Morgan fingerprint density at radius 1 is 1.35 bits per heavy atom. The number of benzene rings is 1. The van der Waals surface area contributed by atoms with Gasteiger partial charge in [0.2, 0.25) is 0 Å². The number of ether oxygens (including phenoxy) is 1. The quantitative estimate of drug-likeness (QED) is 0.242. The second-order valence-corrected chi connectivity index (χ2v) is 5.77. The van der Waals surface area contributed by atoms with Crippen LogP contribution in [0.4, 0.5) is 0 Å². The summed E-state index contributed by atoms with van der Waals surface area (Å²) in [5.41, 5.74) is 10.7. The second-order valence-electron chi connectivity index (χ2n) is 4.77. The molecule has 2 aromatic rings. The van der Waals surface area contributed by atoms with Crippen molar-refractivity contribution in [2.24, 2.45) is 5.11 Å². The highest BCUT2D eigenvalue weighted by atomic mass is 32.1. The van der Waals surface area contributed by atoms with Gasteiger partial charge in [-0.05, 0) is 53.9 Å². The molecular weight excluding hydrogens is 310 g/mol. The van der Waals surface area contributed by atoms with E-state index in [1.165, 1.54) is 10.4 Å². The van der Waals surface area contributed by atoms with E-state index in [2.05, 4.69) is 22.2 Å². The highest BCUT2D eigenvalue weighted by Gasteiger charge is 2.09. The fraction of sp³-hybridized carbons (Fsp3) is 0.235. The van der Waals surface area contributed by atoms with E-state index >= 15 is 0 Å². The number of rotatable bonds is 7. The molecular formula is C17H17N3O2S. The molecule has 6 heteroatoms. The first kappa shape index (κ1) is 16.8. The molecule has 0 amide bonds. The number of carbonyl (C=O) groups is 1. The Hall–Kier alpha value is -2.56. The van der Waals surface area contributed by atoms with E-state index in [1.807, 2.05) is 29.6 Å². The maximum atomic E-state index is 11.7. The fourth-order valence-electron chi connectivity index (χ4n) is 2.06. The first-order valence-electron chi connectivity index (χ1n) is 7.28. The molecule has 118 valence electrons. The van der Waals surface area contributed by atoms with Crippen LogP contribution in [0, 0.1) is 0 Å². The van der Waals surface area contributed by atoms with E-state index in [0.29, 0.717) is 0 Å². The van der Waals surface area contributed by atoms with Gasteiger partial charge in [0.25, 0.3) is 0 Å². The van der Waals surface area contributed by atoms with Gasteiger partial charge >= 0.3 is 5.97 Å². The Bertz CT molecular complexity index is 731. The normalized spacial score (nSPS) is 10.9. The minimum Gasteiger partial charge on any atom is -0.462 e. The third-order valence-electron chi connectivity index (χ3n) is 3.12. The van der Waals surface area contributed by atoms with E-state index in [9.17, 15) is 4.79 Å². The lowest BCUT2D eigenvalue weighted by atomic mass is 10.1. The molecule has 2 rings (SSSR count). The fourth-order valence-corrected chi connectivity index (χ4v) is 2.90. The van der Waals surface area contributed by atoms with Gasteiger partial charge in [0, 0.05) is 9.79 Å². The molecule has 0 aliphatic rings. The summed E-state index contributed by atoms with van der Waals surface area (Å²) in [6.07, 6.45) is 3.45. The first-order chi connectivity index (χ1) is 11.2. The lowest BCUT2D eigenvalue weighted by Gasteiger charge is -2.00. The van der Waals surface area contributed by atoms with Crippen LogP contribution < -0.4 is 0 Å². The van der Waals surface area contributed by atoms with Gasteiger partial charge in [-0.2, -0.15) is 0 Å². The molecule has 0 saturated carbocycles. The van der Waals surface area contributed by atoms with E-state index in [1.54, 1.807) is 24.3 Å². The van der Waals surface area contributed by atoms with E-state index in [0.717, 1.165) is 18.4 Å². The van der Waals surface area contributed by atoms with Crippen LogP contribution in [0.15, 0.2) is 52.6 Å². The minimum atomic E-state index is -0.609. The van der Waals surface area contributed by atoms with Crippen molar-refractivity contribution in [2.75, 3.05) is 6.61 Å². The Labute approximate surface area is 138 Å². The van der Waals surface area contributed by atoms with Gasteiger partial charge in [-0.1, -0.05) is 35.4 Å². The molecule has 0 N–H and O–H groups in total. The molecule has 0 saturated heterocycles. The van der Waals surface area contributed by atoms with Crippen molar-refractivity contribution >= 4 is 23.4 Å². The number of hydrogen-bond acceptors (Lipinski definition) is 4. The van der Waals surface area contributed by atoms with Crippen molar-refractivity contribution in [1.82, 2.24) is 0 Å². The molecule has 0 bridgehead atoms. The second kappa shape index (κ2) is 8.78. The topological polar surface area (TPSA) is 75.1 Å². The van der Waals surface area contributed by atoms with E-state index in [-0.39, 0.29) is 12.3 Å². The zero-order chi connectivity index (χ0) is 16.5. The average Bonchev–Trinajstić information content (AvgIpc) is 3.01. The Morgan fingerprint density at radius 2 is 2.13 bits per heavy atom. The van der Waals surface area contributed by atoms with Crippen LogP contribution in [0.25, 0.3) is 16.5 Å². The van der Waals surface area contributed by atoms with Gasteiger partial charge in [0.05, 0.1) is 6.61 Å². The highest BCUT2D eigenvalue weighted by molar-refractivity contribution is 7.10. The standard InChI is InChI=1S/C17H17N3O2S/c1-2-22-17(21)16(19-20-18)11-14-10-15(23-12-14)9-8-13-6-4-3-5-7-13/h3-7,10-12H,2,8-9H2,1H3. The first-order valence-corrected chi connectivity index (χ1v) is 8.16. The summed E-state index contributed by atoms with van der Waals surface area (Å²) in [7, 11) is 0. The molecule has 0 unspecified atom stereocenters. The maximum absolute atomic E-state index is 11.7. The smallest absolute Gasteiger partial charge is 0.340 e. The molecule has 1 heterocycles. The lowest BCUT2D eigenvalue weighted by molar-refractivity contribution is -0.138. The maximum Gasteiger partial charge on any atom is 0.340 e. The third kappa shape index (κ3) is 5.29. The van der Waals surface area contributed by atoms with Crippen LogP contribution in [0.1, 0.15) is 22.9 Å². The van der Waals surface area contributed by atoms with Gasteiger partial charge in [0.15, 0.2) is 0 Å². The number of thiophene rings is 1. The minimum absolute atomic E-state index is 0.0261. The molecule has 0 aliphatic carbocycles. The van der Waals surface area contributed by atoms with Crippen LogP contribution in [0.5, 0.6) is 0 Å². The van der Waals surface area contributed by atoms with Crippen LogP contribution in [0.3, 0.4) is 0 Å². The van der Waals surface area contributed by atoms with Gasteiger partial charge < -0.3 is 4.74 Å². The van der Waals surface area contributed by atoms with Crippen molar-refractivity contribution in [2.45, 2.75) is 19.8 Å². The van der Waals surface area contributed by atoms with Gasteiger partial charge in [0.1, 0.15) is 5.70 Å². The summed E-state index contributed by atoms with van der Waals surface area (Å²) in [5, 5.41) is 5.35. The van der Waals surface area contributed by atoms with Crippen molar-refractivity contribution in [3.63, 3.8) is 0 Å². The number of aryl methyl sites for hydroxylation is 2. The van der Waals surface area contributed by atoms with Crippen molar-refractivity contribution in [3.8, 4) is 0 Å². The molecule has 1 aromatic heterocycles. The number of carbonyl (C=O) groups excluding carboxylic acids is 1. The predicted octanol–water partition coefficient (Wildman–Crippen LogP) is 4.75. The predicted molar refractivity (Wildman–Crippen MR) is 91.9 cm³/mol. The van der Waals surface area contributed by atoms with Crippen LogP contribution in [-0.4, -0.2) is 12.6 Å². The Kier molecular flexibility index (Phi) is 6.41. The molecule has 0 fully saturated rings. The average molecular weight is 327 g/mol. The summed E-state index contributed by atoms with van der Waals surface area (Å²) >= 11 is 1.62. The molecule has 0 atom stereocenters. The molecule has 0 radical (unpaired) electrons. The van der Waals surface area contributed by atoms with Crippen molar-refractivity contribution in [3.05, 3.63) is 73.9 Å². The summed E-state index contributed by atoms with van der Waals surface area (Å²) in [5.74, 6) is -0.609. The van der Waals surface area contributed by atoms with Gasteiger partial charge in [-0.3, -0.25) is 0 Å². The molecule has 0 spiro atoms. The van der Waals surface area contributed by atoms with Gasteiger partial charge in [-0.25, -0.2) is 4.79 Å². The van der Waals surface area contributed by atoms with Crippen molar-refractivity contribution in [1.29, 1.82) is 0 Å². The van der Waals surface area contributed by atoms with E-state index < -0.39 is 5.97 Å². The highest BCUT2D eigenvalue weighted by Crippen LogP contribution is 2.20.